The molecule has 41 heavy (non-hydrogen) atoms. The average Bonchev–Trinajstić information content (AvgIpc) is 3.66. The third kappa shape index (κ3) is 4.43. The number of hydrogen-bond acceptors (Lipinski definition) is 5. The molecule has 2 aromatic carbocycles. The van der Waals surface area contributed by atoms with Crippen molar-refractivity contribution in [2.24, 2.45) is 0 Å². The van der Waals surface area contributed by atoms with Gasteiger partial charge in [-0.15, -0.1) is 0 Å². The third-order valence-corrected chi connectivity index (χ3v) is 8.66. The molecular weight excluding hydrogens is 517 g/mol. The van der Waals surface area contributed by atoms with Crippen molar-refractivity contribution < 1.29 is 15.3 Å². The monoisotopic (exact) mass is 551 g/mol. The molecule has 0 atom stereocenters. The molecule has 4 aromatic rings. The first kappa shape index (κ1) is 25.7. The highest BCUT2D eigenvalue weighted by molar-refractivity contribution is 5.90. The molecule has 2 aromatic heterocycles. The van der Waals surface area contributed by atoms with Crippen LogP contribution >= 0.6 is 0 Å². The Balaban J connectivity index is 0.00000316. The maximum atomic E-state index is 14.3. The SMILES string of the molecule is C=CC(=O)N1CC(n2cc(-c3nc(-c4ccc5c(c4)CCNC5)c4c(c3-c3ccc(F)cc3OC)CCC4)cn2)C1.[HH]. The first-order valence-corrected chi connectivity index (χ1v) is 14.2. The van der Waals surface area contributed by atoms with E-state index >= 15 is 0 Å². The predicted molar refractivity (Wildman–Crippen MR) is 158 cm³/mol. The van der Waals surface area contributed by atoms with Crippen molar-refractivity contribution >= 4 is 5.91 Å². The lowest BCUT2D eigenvalue weighted by molar-refractivity contribution is -0.131. The number of hydrogen-bond donors (Lipinski definition) is 1. The summed E-state index contributed by atoms with van der Waals surface area (Å²) in [5.74, 6) is 0.0829. The number of benzene rings is 2. The smallest absolute Gasteiger partial charge is 0.246 e. The van der Waals surface area contributed by atoms with E-state index in [1.165, 1.54) is 40.5 Å². The van der Waals surface area contributed by atoms with Crippen LogP contribution in [0.5, 0.6) is 5.75 Å². The summed E-state index contributed by atoms with van der Waals surface area (Å²) >= 11 is 0. The summed E-state index contributed by atoms with van der Waals surface area (Å²) in [4.78, 5) is 19.1. The van der Waals surface area contributed by atoms with Gasteiger partial charge < -0.3 is 15.0 Å². The number of ether oxygens (including phenoxy) is 1. The minimum Gasteiger partial charge on any atom is -0.496 e. The number of fused-ring (bicyclic) bond motifs is 2. The topological polar surface area (TPSA) is 72.3 Å². The quantitative estimate of drug-likeness (QED) is 0.326. The van der Waals surface area contributed by atoms with E-state index in [0.29, 0.717) is 18.8 Å². The van der Waals surface area contributed by atoms with E-state index < -0.39 is 0 Å². The van der Waals surface area contributed by atoms with Crippen LogP contribution in [0.25, 0.3) is 33.6 Å². The van der Waals surface area contributed by atoms with E-state index in [4.69, 9.17) is 14.8 Å². The van der Waals surface area contributed by atoms with E-state index in [1.807, 2.05) is 17.1 Å². The first-order chi connectivity index (χ1) is 20.0. The van der Waals surface area contributed by atoms with E-state index in [-0.39, 0.29) is 19.2 Å². The molecule has 7 rings (SSSR count). The highest BCUT2D eigenvalue weighted by Crippen LogP contribution is 2.46. The summed E-state index contributed by atoms with van der Waals surface area (Å²) < 4.78 is 21.9. The summed E-state index contributed by atoms with van der Waals surface area (Å²) in [7, 11) is 1.58. The molecule has 1 fully saturated rings. The van der Waals surface area contributed by atoms with Crippen LogP contribution in [0.15, 0.2) is 61.4 Å². The Labute approximate surface area is 240 Å². The molecule has 7 nitrogen and oxygen atoms in total. The molecule has 0 unspecified atom stereocenters. The Morgan fingerprint density at radius 2 is 1.95 bits per heavy atom. The van der Waals surface area contributed by atoms with Crippen molar-refractivity contribution in [3.05, 3.63) is 89.5 Å². The molecule has 0 spiro atoms. The van der Waals surface area contributed by atoms with Gasteiger partial charge in [0, 0.05) is 55.6 Å². The van der Waals surface area contributed by atoms with Crippen LogP contribution in [0.4, 0.5) is 4.39 Å². The fraction of sp³-hybridized carbons (Fsp3) is 0.303. The zero-order chi connectivity index (χ0) is 28.1. The van der Waals surface area contributed by atoms with Crippen molar-refractivity contribution in [2.45, 2.75) is 38.3 Å². The van der Waals surface area contributed by atoms with E-state index in [9.17, 15) is 9.18 Å². The number of aromatic nitrogens is 3. The molecule has 2 aliphatic heterocycles. The van der Waals surface area contributed by atoms with Gasteiger partial charge in [0.2, 0.25) is 5.91 Å². The number of pyridine rings is 1. The standard InChI is InChI=1S/C33H32FN5O2.H2/c1-3-30(40)38-18-25(19-38)39-17-23(16-36-39)33-31(28-10-9-24(34)14-29(28)41-2)26-5-4-6-27(26)32(37-33)21-7-8-22-15-35-12-11-20(22)13-21;/h3,7-10,13-14,16-17,25,35H,1,4-6,11-12,15,18-19H2,2H3;1H. The molecule has 3 aliphatic rings. The number of rotatable bonds is 6. The van der Waals surface area contributed by atoms with Gasteiger partial charge in [-0.25, -0.2) is 9.37 Å². The average molecular weight is 552 g/mol. The lowest BCUT2D eigenvalue weighted by atomic mass is 9.89. The fourth-order valence-corrected chi connectivity index (χ4v) is 6.48. The molecule has 0 bridgehead atoms. The molecule has 1 N–H and O–H groups in total. The van der Waals surface area contributed by atoms with Crippen molar-refractivity contribution in [1.29, 1.82) is 0 Å². The molecule has 1 aliphatic carbocycles. The van der Waals surface area contributed by atoms with Crippen LogP contribution in [0.2, 0.25) is 0 Å². The minimum atomic E-state index is -0.339. The summed E-state index contributed by atoms with van der Waals surface area (Å²) in [5, 5.41) is 8.15. The summed E-state index contributed by atoms with van der Waals surface area (Å²) in [6.45, 7) is 6.65. The molecule has 0 saturated carbocycles. The number of carbonyl (C=O) groups is 1. The number of nitrogens with one attached hydrogen (secondary N) is 1. The van der Waals surface area contributed by atoms with Crippen LogP contribution in [0.3, 0.4) is 0 Å². The van der Waals surface area contributed by atoms with Crippen LogP contribution < -0.4 is 10.1 Å². The zero-order valence-corrected chi connectivity index (χ0v) is 23.1. The zero-order valence-electron chi connectivity index (χ0n) is 23.1. The van der Waals surface area contributed by atoms with Gasteiger partial charge in [0.15, 0.2) is 0 Å². The second-order valence-corrected chi connectivity index (χ2v) is 11.1. The largest absolute Gasteiger partial charge is 0.496 e. The Bertz CT molecular complexity index is 1690. The number of halogens is 1. The number of carbonyl (C=O) groups excluding carboxylic acids is 1. The first-order valence-electron chi connectivity index (χ1n) is 14.2. The van der Waals surface area contributed by atoms with Crippen LogP contribution in [0.1, 0.15) is 36.1 Å². The summed E-state index contributed by atoms with van der Waals surface area (Å²) in [6, 6.07) is 11.5. The maximum absolute atomic E-state index is 14.3. The molecule has 1 amide bonds. The second-order valence-electron chi connectivity index (χ2n) is 11.1. The third-order valence-electron chi connectivity index (χ3n) is 8.66. The highest BCUT2D eigenvalue weighted by Gasteiger charge is 2.32. The van der Waals surface area contributed by atoms with Gasteiger partial charge in [-0.2, -0.15) is 5.10 Å². The van der Waals surface area contributed by atoms with E-state index in [2.05, 4.69) is 30.1 Å². The van der Waals surface area contributed by atoms with Crippen LogP contribution in [-0.4, -0.2) is 52.3 Å². The molecule has 1 saturated heterocycles. The van der Waals surface area contributed by atoms with E-state index in [0.717, 1.165) is 72.4 Å². The number of methoxy groups -OCH3 is 1. The van der Waals surface area contributed by atoms with Crippen molar-refractivity contribution in [2.75, 3.05) is 26.7 Å². The normalized spacial score (nSPS) is 16.2. The van der Waals surface area contributed by atoms with Crippen molar-refractivity contribution in [3.8, 4) is 39.4 Å². The Kier molecular flexibility index (Phi) is 6.43. The van der Waals surface area contributed by atoms with Gasteiger partial charge >= 0.3 is 0 Å². The van der Waals surface area contributed by atoms with Crippen LogP contribution in [0, 0.1) is 5.82 Å². The van der Waals surface area contributed by atoms with Crippen LogP contribution in [-0.2, 0) is 30.6 Å². The summed E-state index contributed by atoms with van der Waals surface area (Å²) in [5.41, 5.74) is 10.9. The Morgan fingerprint density at radius 3 is 2.78 bits per heavy atom. The molecule has 8 heteroatoms. The van der Waals surface area contributed by atoms with Gasteiger partial charge in [0.05, 0.1) is 30.7 Å². The molecule has 4 heterocycles. The minimum absolute atomic E-state index is 0. The number of nitrogens with zero attached hydrogens (tertiary/aromatic N) is 4. The lowest BCUT2D eigenvalue weighted by Crippen LogP contribution is -2.50. The molecular formula is C33H34FN5O2. The van der Waals surface area contributed by atoms with Gasteiger partial charge in [-0.1, -0.05) is 18.7 Å². The van der Waals surface area contributed by atoms with Gasteiger partial charge in [0.1, 0.15) is 11.6 Å². The van der Waals surface area contributed by atoms with Crippen molar-refractivity contribution in [1.82, 2.24) is 25.0 Å². The highest BCUT2D eigenvalue weighted by atomic mass is 19.1. The molecule has 0 radical (unpaired) electrons. The van der Waals surface area contributed by atoms with Crippen molar-refractivity contribution in [3.63, 3.8) is 0 Å². The Morgan fingerprint density at radius 1 is 1.10 bits per heavy atom. The lowest BCUT2D eigenvalue weighted by Gasteiger charge is -2.38. The van der Waals surface area contributed by atoms with Gasteiger partial charge in [-0.3, -0.25) is 9.48 Å². The van der Waals surface area contributed by atoms with Gasteiger partial charge in [-0.05, 0) is 78.8 Å². The van der Waals surface area contributed by atoms with Gasteiger partial charge in [0.25, 0.3) is 0 Å². The fourth-order valence-electron chi connectivity index (χ4n) is 6.48. The Hall–Kier alpha value is -4.30. The number of amides is 1. The van der Waals surface area contributed by atoms with E-state index in [1.54, 1.807) is 18.1 Å². The molecule has 210 valence electrons. The number of likely N-dealkylation sites (tertiary alicyclic amines) is 1. The summed E-state index contributed by atoms with van der Waals surface area (Å²) in [6.07, 6.45) is 9.12. The maximum Gasteiger partial charge on any atom is 0.246 e. The second kappa shape index (κ2) is 10.3. The predicted octanol–water partition coefficient (Wildman–Crippen LogP) is 5.38.